The summed E-state index contributed by atoms with van der Waals surface area (Å²) >= 11 is 3.21. The molecule has 0 aromatic heterocycles. The molecule has 0 fully saturated rings. The SMILES string of the molecule is Cc1cc(O)c(Br)cc1C(=O)CC(C)C. The Morgan fingerprint density at radius 1 is 1.47 bits per heavy atom. The summed E-state index contributed by atoms with van der Waals surface area (Å²) in [4.78, 5) is 11.8. The zero-order chi connectivity index (χ0) is 11.6. The molecule has 0 unspecified atom stereocenters. The Morgan fingerprint density at radius 2 is 2.07 bits per heavy atom. The molecule has 1 rings (SSSR count). The van der Waals surface area contributed by atoms with Gasteiger partial charge >= 0.3 is 0 Å². The minimum atomic E-state index is 0.128. The zero-order valence-corrected chi connectivity index (χ0v) is 10.8. The Labute approximate surface area is 98.4 Å². The summed E-state index contributed by atoms with van der Waals surface area (Å²) in [7, 11) is 0. The fraction of sp³-hybridized carbons (Fsp3) is 0.417. The van der Waals surface area contributed by atoms with E-state index in [-0.39, 0.29) is 11.5 Å². The van der Waals surface area contributed by atoms with Crippen molar-refractivity contribution in [2.45, 2.75) is 27.2 Å². The molecular formula is C12H15BrO2. The number of hydrogen-bond donors (Lipinski definition) is 1. The van der Waals surface area contributed by atoms with Gasteiger partial charge in [0.25, 0.3) is 0 Å². The largest absolute Gasteiger partial charge is 0.507 e. The number of carbonyl (C=O) groups excluding carboxylic acids is 1. The van der Waals surface area contributed by atoms with Gasteiger partial charge in [-0.05, 0) is 46.5 Å². The Kier molecular flexibility index (Phi) is 3.91. The lowest BCUT2D eigenvalue weighted by atomic mass is 9.98. The maximum absolute atomic E-state index is 11.8. The second kappa shape index (κ2) is 4.79. The van der Waals surface area contributed by atoms with Gasteiger partial charge in [-0.25, -0.2) is 0 Å². The van der Waals surface area contributed by atoms with Crippen molar-refractivity contribution in [3.63, 3.8) is 0 Å². The highest BCUT2D eigenvalue weighted by atomic mass is 79.9. The number of phenolic OH excluding ortho intramolecular Hbond substituents is 1. The minimum Gasteiger partial charge on any atom is -0.507 e. The maximum atomic E-state index is 11.8. The Morgan fingerprint density at radius 3 is 2.60 bits per heavy atom. The van der Waals surface area contributed by atoms with Gasteiger partial charge in [0, 0.05) is 12.0 Å². The van der Waals surface area contributed by atoms with Gasteiger partial charge in [0.15, 0.2) is 5.78 Å². The zero-order valence-electron chi connectivity index (χ0n) is 9.17. The van der Waals surface area contributed by atoms with Crippen molar-refractivity contribution in [2.75, 3.05) is 0 Å². The van der Waals surface area contributed by atoms with Crippen molar-refractivity contribution < 1.29 is 9.90 Å². The number of benzene rings is 1. The second-order valence-electron chi connectivity index (χ2n) is 4.14. The number of Topliss-reactive ketones (excluding diaryl/α,β-unsaturated/α-hetero) is 1. The molecule has 1 N–H and O–H groups in total. The predicted molar refractivity (Wildman–Crippen MR) is 64.3 cm³/mol. The number of aromatic hydroxyl groups is 1. The van der Waals surface area contributed by atoms with Crippen LogP contribution < -0.4 is 0 Å². The van der Waals surface area contributed by atoms with Crippen LogP contribution in [-0.2, 0) is 0 Å². The van der Waals surface area contributed by atoms with Crippen molar-refractivity contribution in [2.24, 2.45) is 5.92 Å². The van der Waals surface area contributed by atoms with E-state index in [9.17, 15) is 9.90 Å². The molecule has 0 spiro atoms. The van der Waals surface area contributed by atoms with E-state index < -0.39 is 0 Å². The highest BCUT2D eigenvalue weighted by Gasteiger charge is 2.13. The average molecular weight is 271 g/mol. The van der Waals surface area contributed by atoms with Crippen LogP contribution in [0.5, 0.6) is 5.75 Å². The Hall–Kier alpha value is -0.830. The first-order valence-electron chi connectivity index (χ1n) is 4.94. The summed E-state index contributed by atoms with van der Waals surface area (Å²) in [5.74, 6) is 0.654. The average Bonchev–Trinajstić information content (AvgIpc) is 2.09. The summed E-state index contributed by atoms with van der Waals surface area (Å²) in [6.45, 7) is 5.87. The van der Waals surface area contributed by atoms with Crippen LogP contribution in [0.1, 0.15) is 36.2 Å². The number of hydrogen-bond acceptors (Lipinski definition) is 2. The topological polar surface area (TPSA) is 37.3 Å². The molecule has 0 bridgehead atoms. The van der Waals surface area contributed by atoms with Gasteiger partial charge in [-0.3, -0.25) is 4.79 Å². The second-order valence-corrected chi connectivity index (χ2v) is 4.99. The first-order valence-corrected chi connectivity index (χ1v) is 5.73. The quantitative estimate of drug-likeness (QED) is 0.851. The fourth-order valence-corrected chi connectivity index (χ4v) is 1.79. The smallest absolute Gasteiger partial charge is 0.163 e. The minimum absolute atomic E-state index is 0.128. The van der Waals surface area contributed by atoms with Crippen LogP contribution in [0.15, 0.2) is 16.6 Å². The van der Waals surface area contributed by atoms with Gasteiger partial charge in [-0.2, -0.15) is 0 Å². The predicted octanol–water partition coefficient (Wildman–Crippen LogP) is 3.69. The van der Waals surface area contributed by atoms with Crippen LogP contribution in [-0.4, -0.2) is 10.9 Å². The monoisotopic (exact) mass is 270 g/mol. The normalized spacial score (nSPS) is 10.7. The van der Waals surface area contributed by atoms with E-state index in [2.05, 4.69) is 15.9 Å². The van der Waals surface area contributed by atoms with Crippen LogP contribution >= 0.6 is 15.9 Å². The third-order valence-corrected chi connectivity index (χ3v) is 2.82. The van der Waals surface area contributed by atoms with E-state index in [1.807, 2.05) is 20.8 Å². The molecule has 0 radical (unpaired) electrons. The van der Waals surface area contributed by atoms with E-state index in [4.69, 9.17) is 0 Å². The molecule has 2 nitrogen and oxygen atoms in total. The molecule has 0 aliphatic heterocycles. The van der Waals surface area contributed by atoms with Gasteiger partial charge in [-0.15, -0.1) is 0 Å². The standard InChI is InChI=1S/C12H15BrO2/c1-7(2)4-11(14)9-6-10(13)12(15)5-8(9)3/h5-7,15H,4H2,1-3H3. The summed E-state index contributed by atoms with van der Waals surface area (Å²) in [5.41, 5.74) is 1.51. The number of carbonyl (C=O) groups is 1. The third kappa shape index (κ3) is 3.06. The lowest BCUT2D eigenvalue weighted by molar-refractivity contribution is 0.0967. The number of rotatable bonds is 3. The van der Waals surface area contributed by atoms with Crippen LogP contribution in [0.25, 0.3) is 0 Å². The summed E-state index contributed by atoms with van der Waals surface area (Å²) in [6, 6.07) is 3.30. The van der Waals surface area contributed by atoms with Crippen LogP contribution in [0.4, 0.5) is 0 Å². The molecule has 1 aromatic carbocycles. The molecule has 3 heteroatoms. The van der Waals surface area contributed by atoms with E-state index in [1.165, 1.54) is 0 Å². The van der Waals surface area contributed by atoms with Crippen LogP contribution in [0.2, 0.25) is 0 Å². The number of ketones is 1. The number of phenols is 1. The number of halogens is 1. The Balaban J connectivity index is 3.04. The first kappa shape index (κ1) is 12.2. The van der Waals surface area contributed by atoms with Crippen LogP contribution in [0, 0.1) is 12.8 Å². The van der Waals surface area contributed by atoms with Gasteiger partial charge in [-0.1, -0.05) is 13.8 Å². The molecule has 0 saturated heterocycles. The molecule has 0 aliphatic carbocycles. The van der Waals surface area contributed by atoms with Gasteiger partial charge in [0.2, 0.25) is 0 Å². The maximum Gasteiger partial charge on any atom is 0.163 e. The van der Waals surface area contributed by atoms with E-state index in [0.717, 1.165) is 5.56 Å². The highest BCUT2D eigenvalue weighted by Crippen LogP contribution is 2.28. The lowest BCUT2D eigenvalue weighted by Crippen LogP contribution is -2.05. The van der Waals surface area contributed by atoms with Gasteiger partial charge in [0.05, 0.1) is 4.47 Å². The first-order chi connectivity index (χ1) is 6.91. The third-order valence-electron chi connectivity index (χ3n) is 2.19. The highest BCUT2D eigenvalue weighted by molar-refractivity contribution is 9.10. The van der Waals surface area contributed by atoms with Crippen molar-refractivity contribution >= 4 is 21.7 Å². The number of aryl methyl sites for hydroxylation is 1. The summed E-state index contributed by atoms with van der Waals surface area (Å²) < 4.78 is 0.570. The van der Waals surface area contributed by atoms with Gasteiger partial charge in [0.1, 0.15) is 5.75 Å². The van der Waals surface area contributed by atoms with Crippen molar-refractivity contribution in [3.05, 3.63) is 27.7 Å². The summed E-state index contributed by atoms with van der Waals surface area (Å²) in [5, 5.41) is 9.43. The molecule has 0 aliphatic rings. The van der Waals surface area contributed by atoms with Crippen molar-refractivity contribution in [3.8, 4) is 5.75 Å². The molecule has 1 aromatic rings. The van der Waals surface area contributed by atoms with Crippen LogP contribution in [0.3, 0.4) is 0 Å². The van der Waals surface area contributed by atoms with E-state index in [0.29, 0.717) is 22.4 Å². The molecule has 0 atom stereocenters. The fourth-order valence-electron chi connectivity index (χ4n) is 1.45. The molecular weight excluding hydrogens is 256 g/mol. The molecule has 0 amide bonds. The van der Waals surface area contributed by atoms with Gasteiger partial charge < -0.3 is 5.11 Å². The Bertz CT molecular complexity index is 383. The van der Waals surface area contributed by atoms with Crippen molar-refractivity contribution in [1.82, 2.24) is 0 Å². The summed E-state index contributed by atoms with van der Waals surface area (Å²) in [6.07, 6.45) is 0.540. The van der Waals surface area contributed by atoms with Crippen molar-refractivity contribution in [1.29, 1.82) is 0 Å². The van der Waals surface area contributed by atoms with E-state index in [1.54, 1.807) is 12.1 Å². The lowest BCUT2D eigenvalue weighted by Gasteiger charge is -2.08. The molecule has 15 heavy (non-hydrogen) atoms. The molecule has 0 heterocycles. The molecule has 82 valence electrons. The molecule has 0 saturated carbocycles. The van der Waals surface area contributed by atoms with E-state index >= 15 is 0 Å².